The number of nitrogens with one attached hydrogen (secondary N) is 1. The van der Waals surface area contributed by atoms with Crippen LogP contribution in [0.3, 0.4) is 0 Å². The topological polar surface area (TPSA) is 64.3 Å². The van der Waals surface area contributed by atoms with E-state index in [4.69, 9.17) is 10.5 Å². The molecule has 0 saturated carbocycles. The van der Waals surface area contributed by atoms with E-state index in [1.165, 1.54) is 0 Å². The minimum atomic E-state index is 0. The first-order valence-electron chi connectivity index (χ1n) is 6.39. The third-order valence-electron chi connectivity index (χ3n) is 3.35. The molecule has 1 heterocycles. The summed E-state index contributed by atoms with van der Waals surface area (Å²) in [6, 6.07) is 5.56. The zero-order valence-electron chi connectivity index (χ0n) is 11.1. The predicted octanol–water partition coefficient (Wildman–Crippen LogP) is 2.75. The SMILES string of the molecule is Cc1ccc(N)cc1NC(=O)CC1CCOCC1.Cl. The molecule has 1 aliphatic rings. The van der Waals surface area contributed by atoms with E-state index in [0.29, 0.717) is 18.0 Å². The molecule has 1 aliphatic heterocycles. The molecule has 0 bridgehead atoms. The Hall–Kier alpha value is -1.26. The van der Waals surface area contributed by atoms with Crippen molar-refractivity contribution in [3.63, 3.8) is 0 Å². The number of hydrogen-bond donors (Lipinski definition) is 2. The molecule has 0 unspecified atom stereocenters. The largest absolute Gasteiger partial charge is 0.399 e. The summed E-state index contributed by atoms with van der Waals surface area (Å²) >= 11 is 0. The van der Waals surface area contributed by atoms with E-state index >= 15 is 0 Å². The molecule has 1 aromatic carbocycles. The van der Waals surface area contributed by atoms with Crippen LogP contribution in [0.2, 0.25) is 0 Å². The van der Waals surface area contributed by atoms with Crippen molar-refractivity contribution in [2.75, 3.05) is 24.3 Å². The second-order valence-electron chi connectivity index (χ2n) is 4.88. The van der Waals surface area contributed by atoms with Crippen molar-refractivity contribution < 1.29 is 9.53 Å². The van der Waals surface area contributed by atoms with E-state index in [-0.39, 0.29) is 18.3 Å². The number of ether oxygens (including phenoxy) is 1. The molecule has 0 radical (unpaired) electrons. The normalized spacial score (nSPS) is 15.6. The number of carbonyl (C=O) groups excluding carboxylic acids is 1. The van der Waals surface area contributed by atoms with Crippen molar-refractivity contribution in [3.05, 3.63) is 23.8 Å². The van der Waals surface area contributed by atoms with Crippen LogP contribution >= 0.6 is 12.4 Å². The van der Waals surface area contributed by atoms with Gasteiger partial charge in [-0.2, -0.15) is 0 Å². The lowest BCUT2D eigenvalue weighted by molar-refractivity contribution is -0.117. The Balaban J connectivity index is 0.00000180. The van der Waals surface area contributed by atoms with Crippen LogP contribution in [0, 0.1) is 12.8 Å². The van der Waals surface area contributed by atoms with Gasteiger partial charge >= 0.3 is 0 Å². The van der Waals surface area contributed by atoms with Gasteiger partial charge in [0.25, 0.3) is 0 Å². The smallest absolute Gasteiger partial charge is 0.224 e. The number of halogens is 1. The molecule has 0 aliphatic carbocycles. The van der Waals surface area contributed by atoms with Crippen LogP contribution in [0.25, 0.3) is 0 Å². The molecule has 2 rings (SSSR count). The molecule has 4 nitrogen and oxygen atoms in total. The molecule has 1 amide bonds. The molecule has 0 aromatic heterocycles. The fourth-order valence-corrected chi connectivity index (χ4v) is 2.19. The monoisotopic (exact) mass is 284 g/mol. The zero-order valence-corrected chi connectivity index (χ0v) is 12.0. The van der Waals surface area contributed by atoms with Gasteiger partial charge < -0.3 is 15.8 Å². The van der Waals surface area contributed by atoms with Crippen molar-refractivity contribution in [3.8, 4) is 0 Å². The highest BCUT2D eigenvalue weighted by molar-refractivity contribution is 5.92. The number of aryl methyl sites for hydroxylation is 1. The number of rotatable bonds is 3. The average Bonchev–Trinajstić information content (AvgIpc) is 2.35. The molecule has 3 N–H and O–H groups in total. The van der Waals surface area contributed by atoms with Crippen LogP contribution < -0.4 is 11.1 Å². The maximum absolute atomic E-state index is 12.0. The van der Waals surface area contributed by atoms with Crippen LogP contribution in [-0.4, -0.2) is 19.1 Å². The van der Waals surface area contributed by atoms with Crippen molar-refractivity contribution in [2.24, 2.45) is 5.92 Å². The molecule has 1 saturated heterocycles. The second kappa shape index (κ2) is 7.36. The summed E-state index contributed by atoms with van der Waals surface area (Å²) in [5.41, 5.74) is 8.23. The van der Waals surface area contributed by atoms with E-state index in [1.54, 1.807) is 6.07 Å². The van der Waals surface area contributed by atoms with Crippen LogP contribution in [0.1, 0.15) is 24.8 Å². The number of anilines is 2. The van der Waals surface area contributed by atoms with E-state index in [2.05, 4.69) is 5.32 Å². The minimum Gasteiger partial charge on any atom is -0.399 e. The summed E-state index contributed by atoms with van der Waals surface area (Å²) < 4.78 is 5.29. The fourth-order valence-electron chi connectivity index (χ4n) is 2.19. The van der Waals surface area contributed by atoms with Gasteiger partial charge in [-0.05, 0) is 43.4 Å². The molecule has 106 valence electrons. The highest BCUT2D eigenvalue weighted by Crippen LogP contribution is 2.21. The summed E-state index contributed by atoms with van der Waals surface area (Å²) in [4.78, 5) is 12.0. The first-order valence-corrected chi connectivity index (χ1v) is 6.39. The number of amides is 1. The number of benzene rings is 1. The lowest BCUT2D eigenvalue weighted by Crippen LogP contribution is -2.22. The Morgan fingerprint density at radius 3 is 2.79 bits per heavy atom. The van der Waals surface area contributed by atoms with Crippen LogP contribution in [-0.2, 0) is 9.53 Å². The van der Waals surface area contributed by atoms with Crippen LogP contribution in [0.15, 0.2) is 18.2 Å². The van der Waals surface area contributed by atoms with Gasteiger partial charge in [-0.3, -0.25) is 4.79 Å². The van der Waals surface area contributed by atoms with Gasteiger partial charge in [0.05, 0.1) is 0 Å². The lowest BCUT2D eigenvalue weighted by atomic mass is 9.96. The summed E-state index contributed by atoms with van der Waals surface area (Å²) in [5.74, 6) is 0.510. The summed E-state index contributed by atoms with van der Waals surface area (Å²) in [6.45, 7) is 3.51. The van der Waals surface area contributed by atoms with E-state index in [1.807, 2.05) is 19.1 Å². The number of carbonyl (C=O) groups is 1. The first-order chi connectivity index (χ1) is 8.65. The highest BCUT2D eigenvalue weighted by atomic mass is 35.5. The van der Waals surface area contributed by atoms with E-state index in [9.17, 15) is 4.79 Å². The predicted molar refractivity (Wildman–Crippen MR) is 79.6 cm³/mol. The number of hydrogen-bond acceptors (Lipinski definition) is 3. The molecule has 19 heavy (non-hydrogen) atoms. The maximum atomic E-state index is 12.0. The van der Waals surface area contributed by atoms with Gasteiger partial charge in [-0.15, -0.1) is 12.4 Å². The van der Waals surface area contributed by atoms with Gasteiger partial charge in [0, 0.05) is 31.0 Å². The van der Waals surface area contributed by atoms with Gasteiger partial charge in [0.1, 0.15) is 0 Å². The molecule has 1 fully saturated rings. The fraction of sp³-hybridized carbons (Fsp3) is 0.500. The average molecular weight is 285 g/mol. The van der Waals surface area contributed by atoms with Gasteiger partial charge in [-0.25, -0.2) is 0 Å². The Kier molecular flexibility index (Phi) is 6.12. The van der Waals surface area contributed by atoms with E-state index < -0.39 is 0 Å². The Labute approximate surface area is 120 Å². The molecule has 1 aromatic rings. The van der Waals surface area contributed by atoms with Crippen LogP contribution in [0.4, 0.5) is 11.4 Å². The van der Waals surface area contributed by atoms with Crippen molar-refractivity contribution >= 4 is 29.7 Å². The van der Waals surface area contributed by atoms with Gasteiger partial charge in [0.2, 0.25) is 5.91 Å². The number of nitrogens with two attached hydrogens (primary N) is 1. The zero-order chi connectivity index (χ0) is 13.0. The Bertz CT molecular complexity index is 431. The standard InChI is InChI=1S/C14H20N2O2.ClH/c1-10-2-3-12(15)9-13(10)16-14(17)8-11-4-6-18-7-5-11;/h2-3,9,11H,4-8,15H2,1H3,(H,16,17);1H. The molecular formula is C14H21ClN2O2. The molecule has 0 atom stereocenters. The minimum absolute atomic E-state index is 0. The Morgan fingerprint density at radius 1 is 1.42 bits per heavy atom. The van der Waals surface area contributed by atoms with Gasteiger partial charge in [0.15, 0.2) is 0 Å². The maximum Gasteiger partial charge on any atom is 0.224 e. The summed E-state index contributed by atoms with van der Waals surface area (Å²) in [7, 11) is 0. The molecule has 0 spiro atoms. The van der Waals surface area contributed by atoms with Crippen molar-refractivity contribution in [1.82, 2.24) is 0 Å². The second-order valence-corrected chi connectivity index (χ2v) is 4.88. The summed E-state index contributed by atoms with van der Waals surface area (Å²) in [6.07, 6.45) is 2.52. The van der Waals surface area contributed by atoms with E-state index in [0.717, 1.165) is 37.3 Å². The molecule has 5 heteroatoms. The first kappa shape index (κ1) is 15.8. The van der Waals surface area contributed by atoms with Crippen molar-refractivity contribution in [2.45, 2.75) is 26.2 Å². The quantitative estimate of drug-likeness (QED) is 0.839. The van der Waals surface area contributed by atoms with Crippen molar-refractivity contribution in [1.29, 1.82) is 0 Å². The summed E-state index contributed by atoms with van der Waals surface area (Å²) in [5, 5.41) is 2.94. The third-order valence-corrected chi connectivity index (χ3v) is 3.35. The van der Waals surface area contributed by atoms with Crippen LogP contribution in [0.5, 0.6) is 0 Å². The Morgan fingerprint density at radius 2 is 2.11 bits per heavy atom. The van der Waals surface area contributed by atoms with Gasteiger partial charge in [-0.1, -0.05) is 6.07 Å². The lowest BCUT2D eigenvalue weighted by Gasteiger charge is -2.21. The number of nitrogen functional groups attached to an aromatic ring is 1. The molecular weight excluding hydrogens is 264 g/mol. The third kappa shape index (κ3) is 4.73. The highest BCUT2D eigenvalue weighted by Gasteiger charge is 2.17.